The minimum atomic E-state index is -0.640. The Balaban J connectivity index is 1.65. The quantitative estimate of drug-likeness (QED) is 0.486. The second-order valence-corrected chi connectivity index (χ2v) is 8.65. The molecule has 3 rings (SSSR count). The van der Waals surface area contributed by atoms with E-state index in [2.05, 4.69) is 15.6 Å². The zero-order valence-corrected chi connectivity index (χ0v) is 18.8. The average Bonchev–Trinajstić information content (AvgIpc) is 2.77. The Kier molecular flexibility index (Phi) is 7.84. The summed E-state index contributed by atoms with van der Waals surface area (Å²) in [5.74, 6) is 0.216. The van der Waals surface area contributed by atoms with Crippen LogP contribution in [0.4, 0.5) is 5.69 Å². The van der Waals surface area contributed by atoms with E-state index in [1.54, 1.807) is 24.0 Å². The smallest absolute Gasteiger partial charge is 0.252 e. The van der Waals surface area contributed by atoms with Gasteiger partial charge in [-0.15, -0.1) is 11.8 Å². The standard InChI is InChI=1S/C25H27N3O2S/c1-17(2)23(28-24(29)21-12-5-4-9-18(21)3)25(30)27-20-11-8-10-19(15-20)16-31-22-13-6-7-14-26-22/h4-15,17,23H,16H2,1-3H3,(H,27,30)(H,28,29). The highest BCUT2D eigenvalue weighted by Crippen LogP contribution is 2.22. The van der Waals surface area contributed by atoms with Gasteiger partial charge in [0.15, 0.2) is 0 Å². The lowest BCUT2D eigenvalue weighted by Gasteiger charge is -2.22. The number of thioether (sulfide) groups is 1. The molecule has 160 valence electrons. The summed E-state index contributed by atoms with van der Waals surface area (Å²) in [5.41, 5.74) is 3.24. The molecule has 0 aliphatic rings. The van der Waals surface area contributed by atoms with Crippen LogP contribution >= 0.6 is 11.8 Å². The SMILES string of the molecule is Cc1ccccc1C(=O)NC(C(=O)Nc1cccc(CSc2ccccn2)c1)C(C)C. The van der Waals surface area contributed by atoms with Crippen molar-refractivity contribution in [3.8, 4) is 0 Å². The largest absolute Gasteiger partial charge is 0.340 e. The third-order valence-corrected chi connectivity index (χ3v) is 5.86. The summed E-state index contributed by atoms with van der Waals surface area (Å²) in [6.45, 7) is 5.72. The van der Waals surface area contributed by atoms with E-state index in [1.807, 2.05) is 81.4 Å². The normalized spacial score (nSPS) is 11.7. The zero-order valence-electron chi connectivity index (χ0n) is 18.0. The second-order valence-electron chi connectivity index (χ2n) is 7.66. The molecule has 1 atom stereocenters. The molecule has 0 saturated heterocycles. The van der Waals surface area contributed by atoms with Gasteiger partial charge in [-0.25, -0.2) is 4.98 Å². The van der Waals surface area contributed by atoms with Crippen LogP contribution in [0.1, 0.15) is 35.3 Å². The van der Waals surface area contributed by atoms with Crippen molar-refractivity contribution in [2.24, 2.45) is 5.92 Å². The molecule has 2 aromatic carbocycles. The fourth-order valence-corrected chi connectivity index (χ4v) is 3.93. The summed E-state index contributed by atoms with van der Waals surface area (Å²) in [5, 5.41) is 6.80. The summed E-state index contributed by atoms with van der Waals surface area (Å²) in [7, 11) is 0. The molecule has 1 aromatic heterocycles. The molecular formula is C25H27N3O2S. The Bertz CT molecular complexity index is 1040. The van der Waals surface area contributed by atoms with Crippen LogP contribution in [0, 0.1) is 12.8 Å². The zero-order chi connectivity index (χ0) is 22.2. The summed E-state index contributed by atoms with van der Waals surface area (Å²) in [6.07, 6.45) is 1.77. The van der Waals surface area contributed by atoms with Gasteiger partial charge in [0.2, 0.25) is 5.91 Å². The van der Waals surface area contributed by atoms with Gasteiger partial charge in [0.05, 0.1) is 5.03 Å². The summed E-state index contributed by atoms with van der Waals surface area (Å²) >= 11 is 1.64. The number of pyridine rings is 1. The molecule has 31 heavy (non-hydrogen) atoms. The van der Waals surface area contributed by atoms with Crippen molar-refractivity contribution in [3.05, 3.63) is 89.6 Å². The number of carbonyl (C=O) groups excluding carboxylic acids is 2. The third kappa shape index (κ3) is 6.43. The van der Waals surface area contributed by atoms with Crippen LogP contribution in [0.2, 0.25) is 0 Å². The molecule has 0 radical (unpaired) electrons. The number of benzene rings is 2. The van der Waals surface area contributed by atoms with E-state index in [-0.39, 0.29) is 17.7 Å². The molecule has 3 aromatic rings. The monoisotopic (exact) mass is 433 g/mol. The van der Waals surface area contributed by atoms with Crippen LogP contribution in [0.5, 0.6) is 0 Å². The highest BCUT2D eigenvalue weighted by molar-refractivity contribution is 7.98. The van der Waals surface area contributed by atoms with Gasteiger partial charge in [0.25, 0.3) is 5.91 Å². The molecule has 5 nitrogen and oxygen atoms in total. The van der Waals surface area contributed by atoms with E-state index in [1.165, 1.54) is 0 Å². The molecule has 2 N–H and O–H groups in total. The van der Waals surface area contributed by atoms with Gasteiger partial charge in [0.1, 0.15) is 6.04 Å². The number of nitrogens with one attached hydrogen (secondary N) is 2. The predicted octanol–water partition coefficient (Wildman–Crippen LogP) is 5.08. The molecule has 6 heteroatoms. The van der Waals surface area contributed by atoms with Crippen molar-refractivity contribution in [2.45, 2.75) is 37.6 Å². The lowest BCUT2D eigenvalue weighted by atomic mass is 10.0. The summed E-state index contributed by atoms with van der Waals surface area (Å²) < 4.78 is 0. The van der Waals surface area contributed by atoms with Crippen molar-refractivity contribution >= 4 is 29.3 Å². The maximum atomic E-state index is 13.0. The lowest BCUT2D eigenvalue weighted by molar-refractivity contribution is -0.118. The van der Waals surface area contributed by atoms with E-state index in [0.29, 0.717) is 11.3 Å². The van der Waals surface area contributed by atoms with Crippen LogP contribution in [0.15, 0.2) is 78.0 Å². The number of carbonyl (C=O) groups is 2. The first-order valence-corrected chi connectivity index (χ1v) is 11.2. The molecular weight excluding hydrogens is 406 g/mol. The van der Waals surface area contributed by atoms with E-state index in [0.717, 1.165) is 21.9 Å². The van der Waals surface area contributed by atoms with Gasteiger partial charge in [0, 0.05) is 23.2 Å². The number of aryl methyl sites for hydroxylation is 1. The van der Waals surface area contributed by atoms with E-state index in [4.69, 9.17) is 0 Å². The maximum Gasteiger partial charge on any atom is 0.252 e. The molecule has 0 fully saturated rings. The van der Waals surface area contributed by atoms with Gasteiger partial charge >= 0.3 is 0 Å². The van der Waals surface area contributed by atoms with E-state index < -0.39 is 6.04 Å². The number of amides is 2. The number of hydrogen-bond acceptors (Lipinski definition) is 4. The van der Waals surface area contributed by atoms with Crippen molar-refractivity contribution < 1.29 is 9.59 Å². The molecule has 0 aliphatic heterocycles. The van der Waals surface area contributed by atoms with Crippen LogP contribution in [-0.2, 0) is 10.5 Å². The molecule has 1 heterocycles. The van der Waals surface area contributed by atoms with Crippen LogP contribution in [-0.4, -0.2) is 22.8 Å². The third-order valence-electron chi connectivity index (χ3n) is 4.84. The Morgan fingerprint density at radius 3 is 2.48 bits per heavy atom. The molecule has 0 spiro atoms. The van der Waals surface area contributed by atoms with Crippen molar-refractivity contribution in [1.29, 1.82) is 0 Å². The summed E-state index contributed by atoms with van der Waals surface area (Å²) in [6, 6.07) is 20.3. The first-order valence-electron chi connectivity index (χ1n) is 10.2. The highest BCUT2D eigenvalue weighted by Gasteiger charge is 2.25. The summed E-state index contributed by atoms with van der Waals surface area (Å²) in [4.78, 5) is 30.0. The molecule has 0 aliphatic carbocycles. The molecule has 0 saturated carbocycles. The lowest BCUT2D eigenvalue weighted by Crippen LogP contribution is -2.47. The van der Waals surface area contributed by atoms with Gasteiger partial charge in [-0.1, -0.05) is 50.2 Å². The maximum absolute atomic E-state index is 13.0. The number of hydrogen-bond donors (Lipinski definition) is 2. The number of aromatic nitrogens is 1. The number of anilines is 1. The molecule has 0 bridgehead atoms. The fraction of sp³-hybridized carbons (Fsp3) is 0.240. The number of nitrogens with zero attached hydrogens (tertiary/aromatic N) is 1. The Morgan fingerprint density at radius 1 is 1.00 bits per heavy atom. The highest BCUT2D eigenvalue weighted by atomic mass is 32.2. The van der Waals surface area contributed by atoms with E-state index in [9.17, 15) is 9.59 Å². The Hall–Kier alpha value is -3.12. The Labute approximate surface area is 187 Å². The average molecular weight is 434 g/mol. The van der Waals surface area contributed by atoms with E-state index >= 15 is 0 Å². The van der Waals surface area contributed by atoms with Gasteiger partial charge in [-0.2, -0.15) is 0 Å². The minimum Gasteiger partial charge on any atom is -0.340 e. The predicted molar refractivity (Wildman–Crippen MR) is 126 cm³/mol. The van der Waals surface area contributed by atoms with Gasteiger partial charge in [-0.05, 0) is 54.3 Å². The second kappa shape index (κ2) is 10.8. The first-order chi connectivity index (χ1) is 14.9. The van der Waals surface area contributed by atoms with Crippen LogP contribution in [0.25, 0.3) is 0 Å². The number of rotatable bonds is 8. The molecule has 1 unspecified atom stereocenters. The minimum absolute atomic E-state index is 0.0594. The molecule has 2 amide bonds. The topological polar surface area (TPSA) is 71.1 Å². The van der Waals surface area contributed by atoms with Crippen LogP contribution in [0.3, 0.4) is 0 Å². The Morgan fingerprint density at radius 2 is 1.77 bits per heavy atom. The van der Waals surface area contributed by atoms with Crippen molar-refractivity contribution in [1.82, 2.24) is 10.3 Å². The first kappa shape index (κ1) is 22.6. The van der Waals surface area contributed by atoms with Crippen LogP contribution < -0.4 is 10.6 Å². The van der Waals surface area contributed by atoms with Crippen molar-refractivity contribution in [3.63, 3.8) is 0 Å². The van der Waals surface area contributed by atoms with Gasteiger partial charge in [-0.3, -0.25) is 9.59 Å². The van der Waals surface area contributed by atoms with Gasteiger partial charge < -0.3 is 10.6 Å². The fourth-order valence-electron chi connectivity index (χ4n) is 3.13. The van der Waals surface area contributed by atoms with Crippen molar-refractivity contribution in [2.75, 3.05) is 5.32 Å².